The molecule has 2 aliphatic rings. The van der Waals surface area contributed by atoms with Gasteiger partial charge in [-0.2, -0.15) is 0 Å². The number of fused-ring (bicyclic) bond motifs is 1. The van der Waals surface area contributed by atoms with Gasteiger partial charge in [0.1, 0.15) is 11.6 Å². The summed E-state index contributed by atoms with van der Waals surface area (Å²) in [5.41, 5.74) is 1.68. The van der Waals surface area contributed by atoms with Crippen LogP contribution in [0.1, 0.15) is 10.4 Å². The number of carbonyl (C=O) groups is 2. The van der Waals surface area contributed by atoms with Gasteiger partial charge in [0.2, 0.25) is 0 Å². The molecular formula is C20H20FN3O3. The van der Waals surface area contributed by atoms with Crippen molar-refractivity contribution in [1.82, 2.24) is 4.90 Å². The molecule has 0 unspecified atom stereocenters. The molecule has 6 nitrogen and oxygen atoms in total. The van der Waals surface area contributed by atoms with Crippen LogP contribution in [-0.2, 0) is 4.79 Å². The van der Waals surface area contributed by atoms with E-state index in [2.05, 4.69) is 9.80 Å². The van der Waals surface area contributed by atoms with Gasteiger partial charge in [0, 0.05) is 26.2 Å². The van der Waals surface area contributed by atoms with E-state index in [1.807, 2.05) is 24.3 Å². The molecule has 140 valence electrons. The first-order chi connectivity index (χ1) is 13.1. The van der Waals surface area contributed by atoms with Gasteiger partial charge in [-0.1, -0.05) is 12.1 Å². The Labute approximate surface area is 156 Å². The highest BCUT2D eigenvalue weighted by molar-refractivity contribution is 6.52. The van der Waals surface area contributed by atoms with Crippen molar-refractivity contribution in [2.75, 3.05) is 49.8 Å². The number of anilines is 2. The minimum absolute atomic E-state index is 0.146. The molecule has 0 spiro atoms. The lowest BCUT2D eigenvalue weighted by Crippen LogP contribution is -2.51. The second kappa shape index (κ2) is 7.00. The third-order valence-electron chi connectivity index (χ3n) is 5.07. The fourth-order valence-electron chi connectivity index (χ4n) is 3.63. The molecule has 0 N–H and O–H groups in total. The van der Waals surface area contributed by atoms with Gasteiger partial charge in [-0.15, -0.1) is 0 Å². The number of para-hydroxylation sites is 2. The smallest absolute Gasteiger partial charge is 0.300 e. The van der Waals surface area contributed by atoms with Crippen molar-refractivity contribution in [2.24, 2.45) is 0 Å². The van der Waals surface area contributed by atoms with E-state index in [9.17, 15) is 14.0 Å². The van der Waals surface area contributed by atoms with Crippen molar-refractivity contribution in [1.29, 1.82) is 0 Å². The molecule has 0 saturated carbocycles. The Morgan fingerprint density at radius 2 is 1.74 bits per heavy atom. The van der Waals surface area contributed by atoms with Crippen LogP contribution in [0, 0.1) is 5.82 Å². The van der Waals surface area contributed by atoms with Gasteiger partial charge in [0.05, 0.1) is 30.7 Å². The molecule has 2 heterocycles. The van der Waals surface area contributed by atoms with E-state index in [0.29, 0.717) is 12.4 Å². The molecule has 0 atom stereocenters. The van der Waals surface area contributed by atoms with Crippen molar-refractivity contribution in [3.8, 4) is 5.75 Å². The Morgan fingerprint density at radius 3 is 2.48 bits per heavy atom. The van der Waals surface area contributed by atoms with E-state index >= 15 is 0 Å². The first kappa shape index (κ1) is 17.5. The SMILES string of the molecule is COc1ccccc1N1CCN(CN2C(=O)C(=O)c3cc(F)ccc32)CC1. The van der Waals surface area contributed by atoms with Crippen molar-refractivity contribution in [2.45, 2.75) is 0 Å². The van der Waals surface area contributed by atoms with E-state index in [-0.39, 0.29) is 5.56 Å². The molecular weight excluding hydrogens is 349 g/mol. The number of amides is 1. The number of rotatable bonds is 4. The van der Waals surface area contributed by atoms with Crippen LogP contribution in [0.4, 0.5) is 15.8 Å². The maximum atomic E-state index is 13.4. The third-order valence-corrected chi connectivity index (χ3v) is 5.07. The summed E-state index contributed by atoms with van der Waals surface area (Å²) in [7, 11) is 1.66. The molecule has 2 aromatic rings. The van der Waals surface area contributed by atoms with Gasteiger partial charge >= 0.3 is 5.91 Å². The summed E-state index contributed by atoms with van der Waals surface area (Å²) >= 11 is 0. The number of hydrogen-bond acceptors (Lipinski definition) is 5. The average molecular weight is 369 g/mol. The van der Waals surface area contributed by atoms with E-state index in [1.165, 1.54) is 17.0 Å². The van der Waals surface area contributed by atoms with Crippen LogP contribution in [0.5, 0.6) is 5.75 Å². The minimum Gasteiger partial charge on any atom is -0.495 e. The number of hydrogen-bond donors (Lipinski definition) is 0. The van der Waals surface area contributed by atoms with Gasteiger partial charge in [-0.05, 0) is 30.3 Å². The number of Topliss-reactive ketones (excluding diaryl/α,β-unsaturated/α-hetero) is 1. The predicted octanol–water partition coefficient (Wildman–Crippen LogP) is 2.14. The summed E-state index contributed by atoms with van der Waals surface area (Å²) in [6, 6.07) is 11.8. The van der Waals surface area contributed by atoms with Gasteiger partial charge in [-0.3, -0.25) is 19.4 Å². The van der Waals surface area contributed by atoms with Crippen LogP contribution in [0.15, 0.2) is 42.5 Å². The summed E-state index contributed by atoms with van der Waals surface area (Å²) in [4.78, 5) is 30.2. The van der Waals surface area contributed by atoms with Crippen LogP contribution in [0.3, 0.4) is 0 Å². The lowest BCUT2D eigenvalue weighted by Gasteiger charge is -2.38. The Hall–Kier alpha value is -2.93. The molecule has 0 aromatic heterocycles. The Morgan fingerprint density at radius 1 is 1.00 bits per heavy atom. The van der Waals surface area contributed by atoms with Crippen LogP contribution in [0.25, 0.3) is 0 Å². The fraction of sp³-hybridized carbons (Fsp3) is 0.300. The number of ketones is 1. The molecule has 1 saturated heterocycles. The first-order valence-electron chi connectivity index (χ1n) is 8.84. The lowest BCUT2D eigenvalue weighted by atomic mass is 10.1. The van der Waals surface area contributed by atoms with E-state index in [1.54, 1.807) is 7.11 Å². The maximum absolute atomic E-state index is 13.4. The summed E-state index contributed by atoms with van der Waals surface area (Å²) in [6.07, 6.45) is 0. The number of benzene rings is 2. The van der Waals surface area contributed by atoms with Crippen molar-refractivity contribution >= 4 is 23.1 Å². The minimum atomic E-state index is -0.642. The first-order valence-corrected chi connectivity index (χ1v) is 8.84. The molecule has 2 aliphatic heterocycles. The largest absolute Gasteiger partial charge is 0.495 e. The second-order valence-corrected chi connectivity index (χ2v) is 6.64. The number of nitrogens with zero attached hydrogens (tertiary/aromatic N) is 3. The zero-order chi connectivity index (χ0) is 19.0. The van der Waals surface area contributed by atoms with Gasteiger partial charge in [-0.25, -0.2) is 4.39 Å². The zero-order valence-corrected chi connectivity index (χ0v) is 15.0. The molecule has 1 amide bonds. The number of carbonyl (C=O) groups excluding carboxylic acids is 2. The Kier molecular flexibility index (Phi) is 4.53. The fourth-order valence-corrected chi connectivity index (χ4v) is 3.63. The van der Waals surface area contributed by atoms with Crippen molar-refractivity contribution in [3.63, 3.8) is 0 Å². The number of halogens is 1. The predicted molar refractivity (Wildman–Crippen MR) is 99.9 cm³/mol. The summed E-state index contributed by atoms with van der Waals surface area (Å²) < 4.78 is 18.8. The molecule has 0 radical (unpaired) electrons. The molecule has 2 aromatic carbocycles. The Bertz CT molecular complexity index is 894. The van der Waals surface area contributed by atoms with Crippen LogP contribution in [0.2, 0.25) is 0 Å². The number of piperazine rings is 1. The summed E-state index contributed by atoms with van der Waals surface area (Å²) in [5.74, 6) is -0.913. The van der Waals surface area contributed by atoms with Crippen molar-refractivity contribution in [3.05, 3.63) is 53.8 Å². The standard InChI is InChI=1S/C20H20FN3O3/c1-27-18-5-3-2-4-17(18)23-10-8-22(9-11-23)13-24-16-7-6-14(21)12-15(16)19(25)20(24)26/h2-7,12H,8-11,13H2,1H3. The van der Waals surface area contributed by atoms with Gasteiger partial charge in [0.15, 0.2) is 0 Å². The number of methoxy groups -OCH3 is 1. The normalized spacial score (nSPS) is 17.4. The van der Waals surface area contributed by atoms with Crippen molar-refractivity contribution < 1.29 is 18.7 Å². The van der Waals surface area contributed by atoms with Gasteiger partial charge in [0.25, 0.3) is 5.78 Å². The van der Waals surface area contributed by atoms with E-state index < -0.39 is 17.5 Å². The second-order valence-electron chi connectivity index (χ2n) is 6.64. The average Bonchev–Trinajstić information content (AvgIpc) is 2.93. The van der Waals surface area contributed by atoms with E-state index in [4.69, 9.17) is 4.74 Å². The summed E-state index contributed by atoms with van der Waals surface area (Å²) in [6.45, 7) is 3.38. The molecule has 0 bridgehead atoms. The Balaban J connectivity index is 1.44. The molecule has 7 heteroatoms. The quantitative estimate of drug-likeness (QED) is 0.773. The highest BCUT2D eigenvalue weighted by Gasteiger charge is 2.37. The van der Waals surface area contributed by atoms with Gasteiger partial charge < -0.3 is 9.64 Å². The monoisotopic (exact) mass is 369 g/mol. The maximum Gasteiger partial charge on any atom is 0.300 e. The van der Waals surface area contributed by atoms with Crippen LogP contribution in [-0.4, -0.2) is 56.5 Å². The van der Waals surface area contributed by atoms with E-state index in [0.717, 1.165) is 43.7 Å². The molecule has 4 rings (SSSR count). The lowest BCUT2D eigenvalue weighted by molar-refractivity contribution is -0.114. The molecule has 0 aliphatic carbocycles. The topological polar surface area (TPSA) is 53.1 Å². The van der Waals surface area contributed by atoms with Crippen LogP contribution >= 0.6 is 0 Å². The highest BCUT2D eigenvalue weighted by atomic mass is 19.1. The molecule has 1 fully saturated rings. The third kappa shape index (κ3) is 3.14. The zero-order valence-electron chi connectivity index (χ0n) is 15.0. The number of ether oxygens (including phenoxy) is 1. The summed E-state index contributed by atoms with van der Waals surface area (Å²) in [5, 5.41) is 0. The highest BCUT2D eigenvalue weighted by Crippen LogP contribution is 2.31. The van der Waals surface area contributed by atoms with Crippen LogP contribution < -0.4 is 14.5 Å². The molecule has 27 heavy (non-hydrogen) atoms.